The van der Waals surface area contributed by atoms with E-state index in [0.717, 1.165) is 12.1 Å². The van der Waals surface area contributed by atoms with Crippen molar-refractivity contribution in [1.29, 1.82) is 0 Å². The van der Waals surface area contributed by atoms with E-state index in [1.54, 1.807) is 4.52 Å². The van der Waals surface area contributed by atoms with Crippen LogP contribution in [-0.2, 0) is 4.74 Å². The summed E-state index contributed by atoms with van der Waals surface area (Å²) in [4.78, 5) is 4.32. The maximum absolute atomic E-state index is 5.37. The van der Waals surface area contributed by atoms with E-state index in [-0.39, 0.29) is 0 Å². The molecule has 0 bridgehead atoms. The molecular weight excluding hydrogens is 216 g/mol. The molecule has 5 heteroatoms. The van der Waals surface area contributed by atoms with E-state index in [1.165, 1.54) is 0 Å². The van der Waals surface area contributed by atoms with Crippen molar-refractivity contribution >= 4 is 11.6 Å². The molecule has 90 valence electrons. The second-order valence-corrected chi connectivity index (χ2v) is 3.56. The molecule has 0 unspecified atom stereocenters. The third kappa shape index (κ3) is 3.29. The fourth-order valence-electron chi connectivity index (χ4n) is 1.41. The molecular formula is C12H16N4O. The lowest BCUT2D eigenvalue weighted by Crippen LogP contribution is -2.10. The number of hydrogen-bond donors (Lipinski definition) is 1. The van der Waals surface area contributed by atoms with Crippen LogP contribution in [0.25, 0.3) is 5.65 Å². The van der Waals surface area contributed by atoms with E-state index in [1.807, 2.05) is 30.5 Å². The van der Waals surface area contributed by atoms with Crippen LogP contribution in [0.1, 0.15) is 6.42 Å². The van der Waals surface area contributed by atoms with Crippen LogP contribution in [0, 0.1) is 0 Å². The summed E-state index contributed by atoms with van der Waals surface area (Å²) in [6.45, 7) is 5.69. The summed E-state index contributed by atoms with van der Waals surface area (Å²) in [5, 5.41) is 7.39. The monoisotopic (exact) mass is 232 g/mol. The highest BCUT2D eigenvalue weighted by Gasteiger charge is 2.00. The maximum Gasteiger partial charge on any atom is 0.243 e. The summed E-state index contributed by atoms with van der Waals surface area (Å²) in [6, 6.07) is 5.77. The van der Waals surface area contributed by atoms with E-state index in [2.05, 4.69) is 22.0 Å². The summed E-state index contributed by atoms with van der Waals surface area (Å²) < 4.78 is 7.11. The molecule has 0 saturated carbocycles. The average molecular weight is 232 g/mol. The molecule has 0 amide bonds. The lowest BCUT2D eigenvalue weighted by Gasteiger charge is -2.02. The Balaban J connectivity index is 1.77. The predicted octanol–water partition coefficient (Wildman–Crippen LogP) is 1.73. The van der Waals surface area contributed by atoms with Crippen molar-refractivity contribution in [2.45, 2.75) is 6.42 Å². The van der Waals surface area contributed by atoms with Gasteiger partial charge in [0.1, 0.15) is 0 Å². The minimum atomic E-state index is 0.628. The number of nitrogens with one attached hydrogen (secondary N) is 1. The summed E-state index contributed by atoms with van der Waals surface area (Å²) in [5.74, 6) is 0.628. The molecule has 0 fully saturated rings. The van der Waals surface area contributed by atoms with Gasteiger partial charge in [0.05, 0.1) is 13.2 Å². The molecule has 5 nitrogen and oxygen atoms in total. The van der Waals surface area contributed by atoms with Crippen molar-refractivity contribution in [3.8, 4) is 0 Å². The molecule has 0 saturated heterocycles. The second kappa shape index (κ2) is 6.00. The van der Waals surface area contributed by atoms with Crippen molar-refractivity contribution in [2.24, 2.45) is 0 Å². The van der Waals surface area contributed by atoms with Crippen LogP contribution < -0.4 is 5.32 Å². The number of hydrogen-bond acceptors (Lipinski definition) is 4. The molecule has 2 aromatic heterocycles. The number of pyridine rings is 1. The Morgan fingerprint density at radius 2 is 2.35 bits per heavy atom. The van der Waals surface area contributed by atoms with Gasteiger partial charge in [-0.05, 0) is 18.6 Å². The third-order valence-electron chi connectivity index (χ3n) is 2.24. The van der Waals surface area contributed by atoms with Crippen molar-refractivity contribution in [3.05, 3.63) is 37.1 Å². The van der Waals surface area contributed by atoms with Gasteiger partial charge in [-0.2, -0.15) is 4.98 Å². The van der Waals surface area contributed by atoms with Gasteiger partial charge < -0.3 is 10.1 Å². The standard InChI is InChI=1S/C12H16N4O/c1-2-3-9-17-10-7-13-12-14-11-6-4-5-8-16(11)15-12/h2,4-6,8H,1,3,7,9-10H2,(H,13,15). The highest BCUT2D eigenvalue weighted by Crippen LogP contribution is 2.03. The number of anilines is 1. The molecule has 0 aliphatic heterocycles. The lowest BCUT2D eigenvalue weighted by molar-refractivity contribution is 0.149. The van der Waals surface area contributed by atoms with Crippen LogP contribution in [0.5, 0.6) is 0 Å². The lowest BCUT2D eigenvalue weighted by atomic mass is 10.4. The normalized spacial score (nSPS) is 10.6. The Labute approximate surface area is 100 Å². The Kier molecular flexibility index (Phi) is 4.10. The van der Waals surface area contributed by atoms with Gasteiger partial charge in [-0.25, -0.2) is 4.52 Å². The zero-order valence-corrected chi connectivity index (χ0v) is 9.67. The molecule has 0 aliphatic rings. The van der Waals surface area contributed by atoms with Crippen molar-refractivity contribution < 1.29 is 4.74 Å². The number of rotatable bonds is 7. The van der Waals surface area contributed by atoms with Crippen molar-refractivity contribution in [2.75, 3.05) is 25.1 Å². The average Bonchev–Trinajstić information content (AvgIpc) is 2.76. The molecule has 17 heavy (non-hydrogen) atoms. The highest BCUT2D eigenvalue weighted by atomic mass is 16.5. The topological polar surface area (TPSA) is 51.5 Å². The highest BCUT2D eigenvalue weighted by molar-refractivity contribution is 5.42. The van der Waals surface area contributed by atoms with Crippen molar-refractivity contribution in [1.82, 2.24) is 14.6 Å². The minimum absolute atomic E-state index is 0.628. The summed E-state index contributed by atoms with van der Waals surface area (Å²) >= 11 is 0. The van der Waals surface area contributed by atoms with Crippen LogP contribution in [0.2, 0.25) is 0 Å². The van der Waals surface area contributed by atoms with Crippen LogP contribution in [0.15, 0.2) is 37.1 Å². The SMILES string of the molecule is C=CCCOCCNc1nc2ccccn2n1. The van der Waals surface area contributed by atoms with Gasteiger partial charge in [0.15, 0.2) is 5.65 Å². The second-order valence-electron chi connectivity index (χ2n) is 3.56. The Morgan fingerprint density at radius 1 is 1.41 bits per heavy atom. The molecule has 2 rings (SSSR count). The zero-order chi connectivity index (χ0) is 11.9. The molecule has 0 spiro atoms. The van der Waals surface area contributed by atoms with Gasteiger partial charge >= 0.3 is 0 Å². The van der Waals surface area contributed by atoms with Crippen LogP contribution in [0.4, 0.5) is 5.95 Å². The quantitative estimate of drug-likeness (QED) is 0.583. The van der Waals surface area contributed by atoms with Gasteiger partial charge in [0.25, 0.3) is 0 Å². The van der Waals surface area contributed by atoms with Gasteiger partial charge in [0.2, 0.25) is 5.95 Å². The number of ether oxygens (including phenoxy) is 1. The summed E-state index contributed by atoms with van der Waals surface area (Å²) in [6.07, 6.45) is 4.60. The molecule has 0 aliphatic carbocycles. The van der Waals surface area contributed by atoms with Crippen LogP contribution in [-0.4, -0.2) is 34.4 Å². The zero-order valence-electron chi connectivity index (χ0n) is 9.67. The number of nitrogens with zero attached hydrogens (tertiary/aromatic N) is 3. The molecule has 2 heterocycles. The smallest absolute Gasteiger partial charge is 0.243 e. The molecule has 0 radical (unpaired) electrons. The van der Waals surface area contributed by atoms with Crippen LogP contribution in [0.3, 0.4) is 0 Å². The summed E-state index contributed by atoms with van der Waals surface area (Å²) in [5.41, 5.74) is 0.836. The number of aromatic nitrogens is 3. The maximum atomic E-state index is 5.37. The molecule has 1 N–H and O–H groups in total. The first-order valence-electron chi connectivity index (χ1n) is 5.64. The number of fused-ring (bicyclic) bond motifs is 1. The van der Waals surface area contributed by atoms with Crippen molar-refractivity contribution in [3.63, 3.8) is 0 Å². The Hall–Kier alpha value is -1.88. The van der Waals surface area contributed by atoms with Gasteiger partial charge in [-0.1, -0.05) is 12.1 Å². The first-order chi connectivity index (χ1) is 8.40. The van der Waals surface area contributed by atoms with Gasteiger partial charge in [-0.15, -0.1) is 11.7 Å². The molecule has 0 aromatic carbocycles. The van der Waals surface area contributed by atoms with Gasteiger partial charge in [0, 0.05) is 12.7 Å². The van der Waals surface area contributed by atoms with E-state index >= 15 is 0 Å². The minimum Gasteiger partial charge on any atom is -0.379 e. The molecule has 0 atom stereocenters. The fourth-order valence-corrected chi connectivity index (χ4v) is 1.41. The van der Waals surface area contributed by atoms with E-state index < -0.39 is 0 Å². The first-order valence-corrected chi connectivity index (χ1v) is 5.64. The van der Waals surface area contributed by atoms with E-state index in [0.29, 0.717) is 25.7 Å². The van der Waals surface area contributed by atoms with E-state index in [9.17, 15) is 0 Å². The first kappa shape index (κ1) is 11.6. The van der Waals surface area contributed by atoms with Crippen LogP contribution >= 0.6 is 0 Å². The van der Waals surface area contributed by atoms with E-state index in [4.69, 9.17) is 4.74 Å². The predicted molar refractivity (Wildman–Crippen MR) is 67.1 cm³/mol. The fraction of sp³-hybridized carbons (Fsp3) is 0.333. The van der Waals surface area contributed by atoms with Gasteiger partial charge in [-0.3, -0.25) is 0 Å². The summed E-state index contributed by atoms with van der Waals surface area (Å²) in [7, 11) is 0. The third-order valence-corrected chi connectivity index (χ3v) is 2.24. The Bertz CT molecular complexity index is 447. The Morgan fingerprint density at radius 3 is 3.18 bits per heavy atom. The molecule has 2 aromatic rings. The largest absolute Gasteiger partial charge is 0.379 e.